The number of methoxy groups -OCH3 is 1. The molecule has 2 aliphatic heterocycles. The normalized spacial score (nSPS) is 19.6. The fraction of sp³-hybridized carbons (Fsp3) is 0.600. The van der Waals surface area contributed by atoms with Crippen molar-refractivity contribution in [3.8, 4) is 5.75 Å². The van der Waals surface area contributed by atoms with Gasteiger partial charge in [-0.1, -0.05) is 5.22 Å². The Balaban J connectivity index is 1.66. The van der Waals surface area contributed by atoms with Crippen LogP contribution in [0.25, 0.3) is 0 Å². The van der Waals surface area contributed by atoms with Crippen LogP contribution in [-0.2, 0) is 0 Å². The molecule has 0 saturated carbocycles. The largest absolute Gasteiger partial charge is 0.495 e. The zero-order valence-corrected chi connectivity index (χ0v) is 12.6. The topological polar surface area (TPSA) is 52.5 Å². The van der Waals surface area contributed by atoms with Gasteiger partial charge in [-0.2, -0.15) is 0 Å². The van der Waals surface area contributed by atoms with Gasteiger partial charge in [-0.25, -0.2) is 10.5 Å². The Kier molecular flexibility index (Phi) is 4.55. The fourth-order valence-corrected chi connectivity index (χ4v) is 2.91. The molecule has 21 heavy (non-hydrogen) atoms. The van der Waals surface area contributed by atoms with Gasteiger partial charge < -0.3 is 9.64 Å². The molecule has 6 nitrogen and oxygen atoms in total. The van der Waals surface area contributed by atoms with Crippen molar-refractivity contribution >= 4 is 11.4 Å². The highest BCUT2D eigenvalue weighted by atomic mass is 16.5. The Morgan fingerprint density at radius 1 is 1.05 bits per heavy atom. The Morgan fingerprint density at radius 3 is 2.48 bits per heavy atom. The number of hydrazine groups is 1. The first-order valence-electron chi connectivity index (χ1n) is 7.71. The van der Waals surface area contributed by atoms with Crippen molar-refractivity contribution in [1.82, 2.24) is 10.5 Å². The number of benzene rings is 1. The molecule has 2 heterocycles. The van der Waals surface area contributed by atoms with Gasteiger partial charge in [0.05, 0.1) is 18.5 Å². The second kappa shape index (κ2) is 6.76. The van der Waals surface area contributed by atoms with Crippen molar-refractivity contribution in [3.63, 3.8) is 0 Å². The molecule has 0 aromatic heterocycles. The van der Waals surface area contributed by atoms with E-state index in [1.54, 1.807) is 7.11 Å². The molecule has 114 valence electrons. The van der Waals surface area contributed by atoms with Gasteiger partial charge in [0.15, 0.2) is 0 Å². The molecular formula is C15H23N5O. The van der Waals surface area contributed by atoms with Crippen LogP contribution in [0.1, 0.15) is 25.7 Å². The average molecular weight is 289 g/mol. The standard InChI is InChI=1S/C15H23N5O/c1-21-15-12-13(16-17-18-20-10-4-5-11-20)6-7-14(15)19-8-2-3-9-19/h6-7,12H,2-5,8-11H2,1H3,(H,16,18). The van der Waals surface area contributed by atoms with Crippen LogP contribution in [-0.4, -0.2) is 38.3 Å². The van der Waals surface area contributed by atoms with Crippen molar-refractivity contribution in [1.29, 1.82) is 0 Å². The SMILES string of the molecule is COc1cc(N=NNN2CCCC2)ccc1N1CCCC1. The van der Waals surface area contributed by atoms with Crippen LogP contribution in [0, 0.1) is 0 Å². The smallest absolute Gasteiger partial charge is 0.144 e. The van der Waals surface area contributed by atoms with Crippen LogP contribution in [0.4, 0.5) is 11.4 Å². The lowest BCUT2D eigenvalue weighted by molar-refractivity contribution is 0.234. The monoisotopic (exact) mass is 289 g/mol. The zero-order chi connectivity index (χ0) is 14.5. The maximum atomic E-state index is 5.50. The van der Waals surface area contributed by atoms with Crippen LogP contribution in [0.5, 0.6) is 5.75 Å². The average Bonchev–Trinajstić information content (AvgIpc) is 3.20. The van der Waals surface area contributed by atoms with Crippen LogP contribution in [0.3, 0.4) is 0 Å². The van der Waals surface area contributed by atoms with Crippen LogP contribution >= 0.6 is 0 Å². The van der Waals surface area contributed by atoms with E-state index in [2.05, 4.69) is 31.8 Å². The number of nitrogens with zero attached hydrogens (tertiary/aromatic N) is 4. The van der Waals surface area contributed by atoms with Gasteiger partial charge >= 0.3 is 0 Å². The third-order valence-electron chi connectivity index (χ3n) is 4.07. The first-order valence-corrected chi connectivity index (χ1v) is 7.71. The Morgan fingerprint density at radius 2 is 1.76 bits per heavy atom. The second-order valence-corrected chi connectivity index (χ2v) is 5.54. The van der Waals surface area contributed by atoms with E-state index >= 15 is 0 Å². The third-order valence-corrected chi connectivity index (χ3v) is 4.07. The lowest BCUT2D eigenvalue weighted by atomic mass is 10.2. The van der Waals surface area contributed by atoms with E-state index in [1.807, 2.05) is 12.1 Å². The first kappa shape index (κ1) is 14.1. The quantitative estimate of drug-likeness (QED) is 0.669. The van der Waals surface area contributed by atoms with Crippen molar-refractivity contribution in [2.75, 3.05) is 38.2 Å². The summed E-state index contributed by atoms with van der Waals surface area (Å²) in [6.45, 7) is 4.29. The molecule has 0 atom stereocenters. The van der Waals surface area contributed by atoms with Gasteiger partial charge in [0.25, 0.3) is 0 Å². The van der Waals surface area contributed by atoms with Crippen LogP contribution < -0.4 is 15.2 Å². The summed E-state index contributed by atoms with van der Waals surface area (Å²) in [4.78, 5) is 2.36. The van der Waals surface area contributed by atoms with Crippen molar-refractivity contribution in [3.05, 3.63) is 18.2 Å². The number of rotatable bonds is 5. The van der Waals surface area contributed by atoms with Crippen molar-refractivity contribution < 1.29 is 4.74 Å². The minimum absolute atomic E-state index is 0.807. The molecule has 2 aliphatic rings. The molecule has 1 aromatic rings. The van der Waals surface area contributed by atoms with E-state index < -0.39 is 0 Å². The predicted molar refractivity (Wildman–Crippen MR) is 82.9 cm³/mol. The molecule has 0 bridgehead atoms. The highest BCUT2D eigenvalue weighted by molar-refractivity contribution is 5.64. The van der Waals surface area contributed by atoms with Crippen LogP contribution in [0.15, 0.2) is 28.5 Å². The van der Waals surface area contributed by atoms with Gasteiger partial charge in [-0.15, -0.1) is 5.11 Å². The molecule has 1 N–H and O–H groups in total. The minimum atomic E-state index is 0.807. The lowest BCUT2D eigenvalue weighted by Gasteiger charge is -2.20. The molecule has 2 saturated heterocycles. The molecular weight excluding hydrogens is 266 g/mol. The van der Waals surface area contributed by atoms with E-state index in [9.17, 15) is 0 Å². The molecule has 0 spiro atoms. The number of nitrogens with one attached hydrogen (secondary N) is 1. The summed E-state index contributed by atoms with van der Waals surface area (Å²) in [5.74, 6) is 0.870. The molecule has 0 radical (unpaired) electrons. The summed E-state index contributed by atoms with van der Waals surface area (Å²) in [7, 11) is 1.71. The molecule has 0 amide bonds. The van der Waals surface area contributed by atoms with Gasteiger partial charge in [-0.3, -0.25) is 0 Å². The van der Waals surface area contributed by atoms with E-state index in [4.69, 9.17) is 4.74 Å². The van der Waals surface area contributed by atoms with Gasteiger partial charge in [0.1, 0.15) is 5.75 Å². The summed E-state index contributed by atoms with van der Waals surface area (Å²) in [5.41, 5.74) is 4.94. The molecule has 0 unspecified atom stereocenters. The number of hydrogen-bond donors (Lipinski definition) is 1. The highest BCUT2D eigenvalue weighted by Gasteiger charge is 2.16. The highest BCUT2D eigenvalue weighted by Crippen LogP contribution is 2.34. The van der Waals surface area contributed by atoms with E-state index in [-0.39, 0.29) is 0 Å². The van der Waals surface area contributed by atoms with Crippen molar-refractivity contribution in [2.45, 2.75) is 25.7 Å². The summed E-state index contributed by atoms with van der Waals surface area (Å²) in [5, 5.41) is 10.4. The zero-order valence-electron chi connectivity index (χ0n) is 12.6. The summed E-state index contributed by atoms with van der Waals surface area (Å²) in [6, 6.07) is 6.02. The van der Waals surface area contributed by atoms with E-state index in [1.165, 1.54) is 25.7 Å². The van der Waals surface area contributed by atoms with E-state index in [0.29, 0.717) is 0 Å². The Labute approximate surface area is 125 Å². The Hall–Kier alpha value is -1.82. The lowest BCUT2D eigenvalue weighted by Crippen LogP contribution is -2.30. The van der Waals surface area contributed by atoms with E-state index in [0.717, 1.165) is 43.3 Å². The molecule has 6 heteroatoms. The number of anilines is 1. The maximum Gasteiger partial charge on any atom is 0.144 e. The summed E-state index contributed by atoms with van der Waals surface area (Å²) < 4.78 is 5.50. The first-order chi connectivity index (χ1) is 10.4. The van der Waals surface area contributed by atoms with Crippen LogP contribution in [0.2, 0.25) is 0 Å². The Bertz CT molecular complexity index is 493. The third kappa shape index (κ3) is 3.44. The molecule has 0 aliphatic carbocycles. The number of hydrogen-bond acceptors (Lipinski definition) is 5. The molecule has 2 fully saturated rings. The van der Waals surface area contributed by atoms with Gasteiger partial charge in [-0.05, 0) is 37.8 Å². The minimum Gasteiger partial charge on any atom is -0.495 e. The maximum absolute atomic E-state index is 5.50. The summed E-state index contributed by atoms with van der Waals surface area (Å²) in [6.07, 6.45) is 4.95. The molecule has 1 aromatic carbocycles. The van der Waals surface area contributed by atoms with Gasteiger partial charge in [0.2, 0.25) is 0 Å². The molecule has 3 rings (SSSR count). The van der Waals surface area contributed by atoms with Crippen molar-refractivity contribution in [2.24, 2.45) is 10.3 Å². The fourth-order valence-electron chi connectivity index (χ4n) is 2.91. The predicted octanol–water partition coefficient (Wildman–Crippen LogP) is 2.89. The second-order valence-electron chi connectivity index (χ2n) is 5.54. The number of ether oxygens (including phenoxy) is 1. The summed E-state index contributed by atoms with van der Waals surface area (Å²) >= 11 is 0. The van der Waals surface area contributed by atoms with Gasteiger partial charge in [0, 0.05) is 32.2 Å².